The zero-order valence-corrected chi connectivity index (χ0v) is 17.1. The normalized spacial score (nSPS) is 22.8. The topological polar surface area (TPSA) is 65.5 Å². The molecule has 2 amide bonds. The number of hydrogen-bond donors (Lipinski definition) is 1. The summed E-state index contributed by atoms with van der Waals surface area (Å²) in [6.45, 7) is 2.15. The van der Waals surface area contributed by atoms with Crippen LogP contribution in [0, 0.1) is 17.7 Å². The first-order chi connectivity index (χ1) is 14.5. The van der Waals surface area contributed by atoms with Crippen LogP contribution in [-0.4, -0.2) is 59.3 Å². The molecule has 2 saturated heterocycles. The summed E-state index contributed by atoms with van der Waals surface area (Å²) in [6, 6.07) is 9.89. The number of nitrogens with one attached hydrogen (secondary N) is 1. The highest BCUT2D eigenvalue weighted by Gasteiger charge is 2.39. The Balaban J connectivity index is 1.31. The molecular weight excluding hydrogens is 383 g/mol. The Labute approximate surface area is 176 Å². The third-order valence-electron chi connectivity index (χ3n) is 6.34. The van der Waals surface area contributed by atoms with Crippen molar-refractivity contribution < 1.29 is 14.0 Å². The van der Waals surface area contributed by atoms with E-state index in [1.807, 2.05) is 4.90 Å². The summed E-state index contributed by atoms with van der Waals surface area (Å²) in [6.07, 6.45) is 5.93. The van der Waals surface area contributed by atoms with E-state index in [1.165, 1.54) is 12.1 Å². The average molecular weight is 410 g/mol. The number of hydrogen-bond acceptors (Lipinski definition) is 4. The zero-order chi connectivity index (χ0) is 21.1. The van der Waals surface area contributed by atoms with Crippen molar-refractivity contribution in [3.05, 3.63) is 60.2 Å². The molecule has 4 rings (SSSR count). The van der Waals surface area contributed by atoms with Crippen LogP contribution in [0.1, 0.15) is 29.6 Å². The van der Waals surface area contributed by atoms with Crippen LogP contribution in [0.15, 0.2) is 48.8 Å². The zero-order valence-electron chi connectivity index (χ0n) is 17.1. The van der Waals surface area contributed by atoms with Gasteiger partial charge in [-0.1, -0.05) is 6.07 Å². The molecule has 3 heterocycles. The van der Waals surface area contributed by atoms with Gasteiger partial charge in [-0.05, 0) is 62.6 Å². The third kappa shape index (κ3) is 4.51. The van der Waals surface area contributed by atoms with Crippen molar-refractivity contribution in [2.75, 3.05) is 32.0 Å². The summed E-state index contributed by atoms with van der Waals surface area (Å²) in [5.41, 5.74) is 1.12. The molecule has 0 radical (unpaired) electrons. The third-order valence-corrected chi connectivity index (χ3v) is 6.34. The van der Waals surface area contributed by atoms with Gasteiger partial charge < -0.3 is 15.1 Å². The Bertz CT molecular complexity index is 899. The lowest BCUT2D eigenvalue weighted by Gasteiger charge is -2.37. The van der Waals surface area contributed by atoms with E-state index in [-0.39, 0.29) is 23.5 Å². The Kier molecular flexibility index (Phi) is 6.08. The van der Waals surface area contributed by atoms with Gasteiger partial charge in [-0.3, -0.25) is 14.6 Å². The SMILES string of the molecule is CN1C[C@H](C(=O)Nc2cccc(F)c2)C[C@H]1C1CCN(C(=O)c2cccnc2)CC1. The summed E-state index contributed by atoms with van der Waals surface area (Å²) in [4.78, 5) is 33.5. The average Bonchev–Trinajstić information content (AvgIpc) is 3.16. The second kappa shape index (κ2) is 8.92. The molecule has 6 nitrogen and oxygen atoms in total. The van der Waals surface area contributed by atoms with Gasteiger partial charge in [0.05, 0.1) is 11.5 Å². The van der Waals surface area contributed by atoms with Crippen molar-refractivity contribution in [1.29, 1.82) is 0 Å². The first-order valence-corrected chi connectivity index (χ1v) is 10.5. The fourth-order valence-electron chi connectivity index (χ4n) is 4.74. The minimum Gasteiger partial charge on any atom is -0.339 e. The second-order valence-corrected chi connectivity index (χ2v) is 8.31. The maximum Gasteiger partial charge on any atom is 0.255 e. The lowest BCUT2D eigenvalue weighted by Crippen LogP contribution is -2.43. The van der Waals surface area contributed by atoms with Crippen LogP contribution in [0.2, 0.25) is 0 Å². The molecule has 30 heavy (non-hydrogen) atoms. The van der Waals surface area contributed by atoms with Crippen molar-refractivity contribution in [3.8, 4) is 0 Å². The summed E-state index contributed by atoms with van der Waals surface area (Å²) in [7, 11) is 2.06. The molecule has 2 atom stereocenters. The first-order valence-electron chi connectivity index (χ1n) is 10.5. The predicted molar refractivity (Wildman–Crippen MR) is 112 cm³/mol. The highest BCUT2D eigenvalue weighted by Crippen LogP contribution is 2.33. The molecule has 0 spiro atoms. The molecule has 1 aromatic heterocycles. The quantitative estimate of drug-likeness (QED) is 0.842. The van der Waals surface area contributed by atoms with Crippen molar-refractivity contribution in [1.82, 2.24) is 14.8 Å². The van der Waals surface area contributed by atoms with Crippen molar-refractivity contribution >= 4 is 17.5 Å². The Morgan fingerprint density at radius 3 is 2.67 bits per heavy atom. The van der Waals surface area contributed by atoms with Crippen molar-refractivity contribution in [2.45, 2.75) is 25.3 Å². The lowest BCUT2D eigenvalue weighted by atomic mass is 9.86. The molecular formula is C23H27FN4O2. The monoisotopic (exact) mass is 410 g/mol. The molecule has 1 aromatic carbocycles. The number of pyridine rings is 1. The minimum absolute atomic E-state index is 0.0358. The summed E-state index contributed by atoms with van der Waals surface area (Å²) < 4.78 is 13.4. The fraction of sp³-hybridized carbons (Fsp3) is 0.435. The van der Waals surface area contributed by atoms with Crippen molar-refractivity contribution in [2.24, 2.45) is 11.8 Å². The number of benzene rings is 1. The molecule has 2 aliphatic heterocycles. The predicted octanol–water partition coefficient (Wildman–Crippen LogP) is 3.03. The number of rotatable bonds is 4. The standard InChI is InChI=1S/C23H27FN4O2/c1-27-15-18(22(29)26-20-6-2-5-19(24)13-20)12-21(27)16-7-10-28(11-8-16)23(30)17-4-3-9-25-14-17/h2-6,9,13-14,16,18,21H,7-8,10-12,15H2,1H3,(H,26,29)/t18-,21+/m1/s1. The molecule has 7 heteroatoms. The van der Waals surface area contributed by atoms with E-state index in [0.717, 1.165) is 32.4 Å². The molecule has 0 aliphatic carbocycles. The van der Waals surface area contributed by atoms with Crippen LogP contribution >= 0.6 is 0 Å². The van der Waals surface area contributed by atoms with Crippen LogP contribution in [0.4, 0.5) is 10.1 Å². The molecule has 2 fully saturated rings. The molecule has 0 bridgehead atoms. The minimum atomic E-state index is -0.359. The maximum atomic E-state index is 13.4. The fourth-order valence-corrected chi connectivity index (χ4v) is 4.74. The molecule has 0 unspecified atom stereocenters. The van der Waals surface area contributed by atoms with Gasteiger partial charge >= 0.3 is 0 Å². The number of aromatic nitrogens is 1. The maximum absolute atomic E-state index is 13.4. The number of carbonyl (C=O) groups excluding carboxylic acids is 2. The van der Waals surface area contributed by atoms with Gasteiger partial charge in [-0.15, -0.1) is 0 Å². The van der Waals surface area contributed by atoms with Gasteiger partial charge in [0, 0.05) is 43.8 Å². The molecule has 2 aromatic rings. The van der Waals surface area contributed by atoms with E-state index < -0.39 is 0 Å². The van der Waals surface area contributed by atoms with Gasteiger partial charge in [0.1, 0.15) is 5.82 Å². The Hall–Kier alpha value is -2.80. The second-order valence-electron chi connectivity index (χ2n) is 8.31. The number of carbonyl (C=O) groups is 2. The lowest BCUT2D eigenvalue weighted by molar-refractivity contribution is -0.119. The summed E-state index contributed by atoms with van der Waals surface area (Å²) in [5.74, 6) is -0.0344. The molecule has 2 aliphatic rings. The highest BCUT2D eigenvalue weighted by atomic mass is 19.1. The molecule has 1 N–H and O–H groups in total. The first kappa shape index (κ1) is 20.5. The summed E-state index contributed by atoms with van der Waals surface area (Å²) in [5, 5.41) is 2.84. The smallest absolute Gasteiger partial charge is 0.255 e. The number of piperidine rings is 1. The van der Waals surface area contributed by atoms with Gasteiger partial charge in [0.2, 0.25) is 5.91 Å². The number of likely N-dealkylation sites (tertiary alicyclic amines) is 2. The number of nitrogens with zero attached hydrogens (tertiary/aromatic N) is 3. The number of halogens is 1. The van der Waals surface area contributed by atoms with E-state index >= 15 is 0 Å². The molecule has 158 valence electrons. The van der Waals surface area contributed by atoms with E-state index in [2.05, 4.69) is 22.2 Å². The van der Waals surface area contributed by atoms with Crippen LogP contribution in [-0.2, 0) is 4.79 Å². The summed E-state index contributed by atoms with van der Waals surface area (Å²) >= 11 is 0. The van der Waals surface area contributed by atoms with Crippen molar-refractivity contribution in [3.63, 3.8) is 0 Å². The highest BCUT2D eigenvalue weighted by molar-refractivity contribution is 5.94. The Morgan fingerprint density at radius 2 is 1.97 bits per heavy atom. The Morgan fingerprint density at radius 1 is 1.17 bits per heavy atom. The largest absolute Gasteiger partial charge is 0.339 e. The van der Waals surface area contributed by atoms with Crippen LogP contribution in [0.25, 0.3) is 0 Å². The van der Waals surface area contributed by atoms with Gasteiger partial charge in [0.15, 0.2) is 0 Å². The van der Waals surface area contributed by atoms with Crippen LogP contribution < -0.4 is 5.32 Å². The number of amides is 2. The number of anilines is 1. The van der Waals surface area contributed by atoms with Gasteiger partial charge in [-0.25, -0.2) is 4.39 Å². The van der Waals surface area contributed by atoms with Crippen LogP contribution in [0.5, 0.6) is 0 Å². The molecule has 0 saturated carbocycles. The van der Waals surface area contributed by atoms with E-state index in [1.54, 1.807) is 36.7 Å². The van der Waals surface area contributed by atoms with Crippen LogP contribution in [0.3, 0.4) is 0 Å². The van der Waals surface area contributed by atoms with Gasteiger partial charge in [-0.2, -0.15) is 0 Å². The van der Waals surface area contributed by atoms with E-state index in [9.17, 15) is 14.0 Å². The van der Waals surface area contributed by atoms with E-state index in [0.29, 0.717) is 29.8 Å². The van der Waals surface area contributed by atoms with Gasteiger partial charge in [0.25, 0.3) is 5.91 Å². The van der Waals surface area contributed by atoms with E-state index in [4.69, 9.17) is 0 Å².